The Morgan fingerprint density at radius 3 is 3.00 bits per heavy atom. The Bertz CT molecular complexity index is 338. The Morgan fingerprint density at radius 1 is 1.56 bits per heavy atom. The maximum Gasteiger partial charge on any atom is 0.0826 e. The molecule has 2 rings (SSSR count). The maximum absolute atomic E-state index is 5.80. The number of nitrogens with zero attached hydrogens (tertiary/aromatic N) is 1. The number of thiophene rings is 1. The molecular formula is C14H24N2OS. The second kappa shape index (κ2) is 6.66. The fourth-order valence-corrected chi connectivity index (χ4v) is 3.77. The molecule has 2 unspecified atom stereocenters. The van der Waals surface area contributed by atoms with Crippen LogP contribution in [0.4, 0.5) is 0 Å². The minimum Gasteiger partial charge on any atom is -0.374 e. The van der Waals surface area contributed by atoms with Crippen LogP contribution >= 0.6 is 11.3 Å². The van der Waals surface area contributed by atoms with Crippen molar-refractivity contribution in [2.75, 3.05) is 33.3 Å². The van der Waals surface area contributed by atoms with Gasteiger partial charge in [0.1, 0.15) is 0 Å². The van der Waals surface area contributed by atoms with Gasteiger partial charge in [-0.1, -0.05) is 19.9 Å². The highest BCUT2D eigenvalue weighted by Crippen LogP contribution is 2.32. The Labute approximate surface area is 114 Å². The monoisotopic (exact) mass is 268 g/mol. The van der Waals surface area contributed by atoms with E-state index in [1.165, 1.54) is 4.88 Å². The van der Waals surface area contributed by atoms with Crippen LogP contribution in [0, 0.1) is 5.92 Å². The molecule has 1 aromatic rings. The van der Waals surface area contributed by atoms with Gasteiger partial charge in [0, 0.05) is 30.6 Å². The molecule has 0 bridgehead atoms. The lowest BCUT2D eigenvalue weighted by Gasteiger charge is -2.39. The summed E-state index contributed by atoms with van der Waals surface area (Å²) < 4.78 is 5.80. The molecule has 1 aliphatic heterocycles. The highest BCUT2D eigenvalue weighted by molar-refractivity contribution is 7.10. The van der Waals surface area contributed by atoms with Crippen LogP contribution in [0.1, 0.15) is 24.8 Å². The summed E-state index contributed by atoms with van der Waals surface area (Å²) in [5.41, 5.74) is 0. The Morgan fingerprint density at radius 2 is 2.39 bits per heavy atom. The molecule has 2 atom stereocenters. The third-order valence-corrected chi connectivity index (χ3v) is 4.40. The molecule has 1 aromatic heterocycles. The molecule has 0 saturated carbocycles. The Hall–Kier alpha value is -0.420. The average molecular weight is 268 g/mol. The van der Waals surface area contributed by atoms with E-state index in [1.54, 1.807) is 0 Å². The first-order chi connectivity index (χ1) is 8.72. The molecule has 0 radical (unpaired) electrons. The average Bonchev–Trinajstić information content (AvgIpc) is 2.83. The molecule has 1 saturated heterocycles. The summed E-state index contributed by atoms with van der Waals surface area (Å²) in [6, 6.07) is 4.95. The summed E-state index contributed by atoms with van der Waals surface area (Å²) >= 11 is 1.87. The van der Waals surface area contributed by atoms with Crippen molar-refractivity contribution in [1.29, 1.82) is 0 Å². The Kier molecular flexibility index (Phi) is 5.18. The van der Waals surface area contributed by atoms with Crippen LogP contribution in [-0.2, 0) is 4.74 Å². The molecule has 1 aliphatic rings. The summed E-state index contributed by atoms with van der Waals surface area (Å²) in [5.74, 6) is 0.636. The van der Waals surface area contributed by atoms with Crippen molar-refractivity contribution in [2.24, 2.45) is 5.92 Å². The lowest BCUT2D eigenvalue weighted by Crippen LogP contribution is -2.48. The SMILES string of the molecule is CNCC1CN(C(c2cccs2)C(C)C)CCO1. The summed E-state index contributed by atoms with van der Waals surface area (Å²) in [6.07, 6.45) is 0.324. The predicted molar refractivity (Wildman–Crippen MR) is 77.1 cm³/mol. The van der Waals surface area contributed by atoms with E-state index >= 15 is 0 Å². The van der Waals surface area contributed by atoms with Crippen molar-refractivity contribution in [2.45, 2.75) is 26.0 Å². The van der Waals surface area contributed by atoms with Crippen LogP contribution in [0.5, 0.6) is 0 Å². The van der Waals surface area contributed by atoms with Crippen LogP contribution < -0.4 is 5.32 Å². The zero-order chi connectivity index (χ0) is 13.0. The van der Waals surface area contributed by atoms with Gasteiger partial charge in [-0.25, -0.2) is 0 Å². The molecule has 0 spiro atoms. The summed E-state index contributed by atoms with van der Waals surface area (Å²) in [7, 11) is 1.99. The van der Waals surface area contributed by atoms with Gasteiger partial charge in [-0.05, 0) is 24.4 Å². The molecule has 1 N–H and O–H groups in total. The number of ether oxygens (including phenoxy) is 1. The normalized spacial score (nSPS) is 23.4. The van der Waals surface area contributed by atoms with E-state index in [1.807, 2.05) is 18.4 Å². The fraction of sp³-hybridized carbons (Fsp3) is 0.714. The largest absolute Gasteiger partial charge is 0.374 e. The van der Waals surface area contributed by atoms with Crippen LogP contribution in [0.25, 0.3) is 0 Å². The van der Waals surface area contributed by atoms with Gasteiger partial charge in [-0.2, -0.15) is 0 Å². The zero-order valence-corrected chi connectivity index (χ0v) is 12.4. The number of hydrogen-bond acceptors (Lipinski definition) is 4. The van der Waals surface area contributed by atoms with Crippen molar-refractivity contribution < 1.29 is 4.74 Å². The van der Waals surface area contributed by atoms with Gasteiger partial charge in [-0.3, -0.25) is 4.90 Å². The first kappa shape index (κ1) is 14.0. The van der Waals surface area contributed by atoms with E-state index < -0.39 is 0 Å². The van der Waals surface area contributed by atoms with Crippen molar-refractivity contribution in [3.63, 3.8) is 0 Å². The van der Waals surface area contributed by atoms with Crippen LogP contribution in [0.2, 0.25) is 0 Å². The smallest absolute Gasteiger partial charge is 0.0826 e. The molecule has 1 fully saturated rings. The number of rotatable bonds is 5. The standard InChI is InChI=1S/C14H24N2OS/c1-11(2)14(13-5-4-8-18-13)16-6-7-17-12(10-16)9-15-3/h4-5,8,11-12,14-15H,6-7,9-10H2,1-3H3. The highest BCUT2D eigenvalue weighted by atomic mass is 32.1. The van der Waals surface area contributed by atoms with Crippen molar-refractivity contribution in [3.8, 4) is 0 Å². The van der Waals surface area contributed by atoms with Crippen LogP contribution in [0.15, 0.2) is 17.5 Å². The third kappa shape index (κ3) is 3.32. The maximum atomic E-state index is 5.80. The van der Waals surface area contributed by atoms with E-state index in [9.17, 15) is 0 Å². The van der Waals surface area contributed by atoms with Crippen molar-refractivity contribution >= 4 is 11.3 Å². The summed E-state index contributed by atoms with van der Waals surface area (Å²) in [6.45, 7) is 8.48. The van der Waals surface area contributed by atoms with Crippen LogP contribution in [0.3, 0.4) is 0 Å². The summed E-state index contributed by atoms with van der Waals surface area (Å²) in [5, 5.41) is 5.39. The van der Waals surface area contributed by atoms with E-state index in [0.717, 1.165) is 26.2 Å². The molecule has 2 heterocycles. The second-order valence-electron chi connectivity index (χ2n) is 5.25. The number of nitrogens with one attached hydrogen (secondary N) is 1. The number of morpholine rings is 1. The van der Waals surface area contributed by atoms with Crippen LogP contribution in [-0.4, -0.2) is 44.3 Å². The predicted octanol–water partition coefficient (Wildman–Crippen LogP) is 2.37. The molecule has 3 nitrogen and oxygen atoms in total. The van der Waals surface area contributed by atoms with E-state index in [4.69, 9.17) is 4.74 Å². The molecule has 4 heteroatoms. The molecule has 18 heavy (non-hydrogen) atoms. The quantitative estimate of drug-likeness (QED) is 0.887. The van der Waals surface area contributed by atoms with Crippen molar-refractivity contribution in [3.05, 3.63) is 22.4 Å². The lowest BCUT2D eigenvalue weighted by atomic mass is 9.99. The zero-order valence-electron chi connectivity index (χ0n) is 11.6. The minimum atomic E-state index is 0.324. The third-order valence-electron chi connectivity index (χ3n) is 3.46. The van der Waals surface area contributed by atoms with E-state index in [2.05, 4.69) is 41.6 Å². The second-order valence-corrected chi connectivity index (χ2v) is 6.23. The van der Waals surface area contributed by atoms with Gasteiger partial charge < -0.3 is 10.1 Å². The van der Waals surface area contributed by atoms with E-state index in [-0.39, 0.29) is 0 Å². The molecule has 0 amide bonds. The van der Waals surface area contributed by atoms with E-state index in [0.29, 0.717) is 18.1 Å². The van der Waals surface area contributed by atoms with Crippen molar-refractivity contribution in [1.82, 2.24) is 10.2 Å². The fourth-order valence-electron chi connectivity index (χ4n) is 2.74. The number of hydrogen-bond donors (Lipinski definition) is 1. The molecule has 0 aromatic carbocycles. The first-order valence-corrected chi connectivity index (χ1v) is 7.64. The minimum absolute atomic E-state index is 0.324. The molecule has 0 aliphatic carbocycles. The highest BCUT2D eigenvalue weighted by Gasteiger charge is 2.29. The first-order valence-electron chi connectivity index (χ1n) is 6.76. The lowest BCUT2D eigenvalue weighted by molar-refractivity contribution is -0.0480. The molecular weight excluding hydrogens is 244 g/mol. The van der Waals surface area contributed by atoms with Gasteiger partial charge in [0.25, 0.3) is 0 Å². The Balaban J connectivity index is 2.06. The van der Waals surface area contributed by atoms with Gasteiger partial charge in [-0.15, -0.1) is 11.3 Å². The summed E-state index contributed by atoms with van der Waals surface area (Å²) in [4.78, 5) is 4.07. The van der Waals surface area contributed by atoms with Gasteiger partial charge in [0.15, 0.2) is 0 Å². The number of likely N-dealkylation sites (N-methyl/N-ethyl adjacent to an activating group) is 1. The van der Waals surface area contributed by atoms with Gasteiger partial charge in [0.2, 0.25) is 0 Å². The topological polar surface area (TPSA) is 24.5 Å². The van der Waals surface area contributed by atoms with Gasteiger partial charge in [0.05, 0.1) is 12.7 Å². The molecule has 102 valence electrons. The van der Waals surface area contributed by atoms with Gasteiger partial charge >= 0.3 is 0 Å².